The van der Waals surface area contributed by atoms with Crippen LogP contribution in [0.2, 0.25) is 0 Å². The first-order valence-electron chi connectivity index (χ1n) is 11.3. The fourth-order valence-electron chi connectivity index (χ4n) is 3.92. The monoisotopic (exact) mass is 465 g/mol. The molecule has 5 rings (SSSR count). The summed E-state index contributed by atoms with van der Waals surface area (Å²) in [5.41, 5.74) is 3.81. The van der Waals surface area contributed by atoms with Crippen LogP contribution in [-0.2, 0) is 13.6 Å². The average Bonchev–Trinajstić information content (AvgIpc) is 3.46. The maximum atomic E-state index is 12.8. The fourth-order valence-corrected chi connectivity index (χ4v) is 3.92. The summed E-state index contributed by atoms with van der Waals surface area (Å²) in [6.45, 7) is 2.70. The molecule has 174 valence electrons. The highest BCUT2D eigenvalue weighted by Crippen LogP contribution is 2.28. The molecular formula is C27H25N6O2+. The quantitative estimate of drug-likeness (QED) is 0.337. The molecule has 0 saturated carbocycles. The number of nitrogens with zero attached hydrogens (tertiary/aromatic N) is 4. The third kappa shape index (κ3) is 4.81. The predicted molar refractivity (Wildman–Crippen MR) is 135 cm³/mol. The summed E-state index contributed by atoms with van der Waals surface area (Å²) in [5.74, 6) is 1.11. The van der Waals surface area contributed by atoms with Gasteiger partial charge in [-0.2, -0.15) is 5.10 Å². The SMILES string of the molecule is CCn1c(C(=O)Nc2cccc(Oc3ccc4c(/C=C/c5ccccn5)n[nH]c4c3)c2)cc[n+]1C. The Morgan fingerprint density at radius 3 is 2.80 bits per heavy atom. The number of ether oxygens (including phenoxy) is 1. The topological polar surface area (TPSA) is 88.7 Å². The molecule has 8 heteroatoms. The van der Waals surface area contributed by atoms with Crippen LogP contribution in [0.5, 0.6) is 11.5 Å². The predicted octanol–water partition coefficient (Wildman–Crippen LogP) is 4.82. The van der Waals surface area contributed by atoms with Crippen LogP contribution in [0.3, 0.4) is 0 Å². The van der Waals surface area contributed by atoms with Gasteiger partial charge < -0.3 is 10.1 Å². The lowest BCUT2D eigenvalue weighted by atomic mass is 10.2. The highest BCUT2D eigenvalue weighted by atomic mass is 16.5. The number of H-pyrrole nitrogens is 1. The highest BCUT2D eigenvalue weighted by molar-refractivity contribution is 6.03. The zero-order valence-corrected chi connectivity index (χ0v) is 19.5. The molecule has 1 amide bonds. The van der Waals surface area contributed by atoms with Gasteiger partial charge in [0.05, 0.1) is 23.4 Å². The summed E-state index contributed by atoms with van der Waals surface area (Å²) in [7, 11) is 1.91. The van der Waals surface area contributed by atoms with Gasteiger partial charge in [0.25, 0.3) is 5.91 Å². The number of rotatable bonds is 7. The molecule has 0 aliphatic heterocycles. The zero-order valence-electron chi connectivity index (χ0n) is 19.5. The van der Waals surface area contributed by atoms with Gasteiger partial charge in [0.1, 0.15) is 11.5 Å². The number of carbonyl (C=O) groups excluding carboxylic acids is 1. The first-order chi connectivity index (χ1) is 17.1. The van der Waals surface area contributed by atoms with E-state index in [2.05, 4.69) is 20.5 Å². The van der Waals surface area contributed by atoms with Crippen LogP contribution in [0.15, 0.2) is 79.1 Å². The van der Waals surface area contributed by atoms with Crippen LogP contribution >= 0.6 is 0 Å². The normalized spacial score (nSPS) is 11.3. The molecule has 0 radical (unpaired) electrons. The van der Waals surface area contributed by atoms with Crippen molar-refractivity contribution in [1.29, 1.82) is 0 Å². The van der Waals surface area contributed by atoms with Gasteiger partial charge in [-0.3, -0.25) is 14.9 Å². The lowest BCUT2D eigenvalue weighted by Gasteiger charge is -2.09. The number of anilines is 1. The molecule has 0 unspecified atom stereocenters. The van der Waals surface area contributed by atoms with Gasteiger partial charge in [-0.05, 0) is 55.5 Å². The third-order valence-corrected chi connectivity index (χ3v) is 5.63. The molecule has 0 atom stereocenters. The number of pyridine rings is 1. The van der Waals surface area contributed by atoms with Gasteiger partial charge in [0.2, 0.25) is 0 Å². The largest absolute Gasteiger partial charge is 0.457 e. The van der Waals surface area contributed by atoms with Crippen molar-refractivity contribution in [2.24, 2.45) is 7.05 Å². The number of hydrogen-bond acceptors (Lipinski definition) is 4. The number of amides is 1. The zero-order chi connectivity index (χ0) is 24.2. The van der Waals surface area contributed by atoms with Crippen molar-refractivity contribution in [3.8, 4) is 11.5 Å². The van der Waals surface area contributed by atoms with Crippen LogP contribution < -0.4 is 14.7 Å². The minimum absolute atomic E-state index is 0.172. The molecule has 3 heterocycles. The Hall–Kier alpha value is -4.72. The van der Waals surface area contributed by atoms with Crippen molar-refractivity contribution < 1.29 is 14.2 Å². The lowest BCUT2D eigenvalue weighted by Crippen LogP contribution is -2.39. The van der Waals surface area contributed by atoms with Crippen molar-refractivity contribution in [3.63, 3.8) is 0 Å². The third-order valence-electron chi connectivity index (χ3n) is 5.63. The fraction of sp³-hybridized carbons (Fsp3) is 0.111. The van der Waals surface area contributed by atoms with E-state index >= 15 is 0 Å². The van der Waals surface area contributed by atoms with Gasteiger partial charge in [0.15, 0.2) is 18.9 Å². The van der Waals surface area contributed by atoms with Crippen molar-refractivity contribution >= 4 is 34.6 Å². The van der Waals surface area contributed by atoms with E-state index in [1.165, 1.54) is 0 Å². The molecule has 0 aliphatic rings. The van der Waals surface area contributed by atoms with E-state index in [1.54, 1.807) is 18.3 Å². The minimum Gasteiger partial charge on any atom is -0.457 e. The number of aryl methyl sites for hydroxylation is 1. The number of benzene rings is 2. The summed E-state index contributed by atoms with van der Waals surface area (Å²) in [6, 6.07) is 20.7. The Morgan fingerprint density at radius 2 is 1.97 bits per heavy atom. The molecule has 3 aromatic heterocycles. The molecule has 0 bridgehead atoms. The summed E-state index contributed by atoms with van der Waals surface area (Å²) in [6.07, 6.45) is 7.48. The Balaban J connectivity index is 1.31. The summed E-state index contributed by atoms with van der Waals surface area (Å²) in [5, 5.41) is 11.4. The molecule has 0 fully saturated rings. The molecule has 2 aromatic carbocycles. The van der Waals surface area contributed by atoms with E-state index in [4.69, 9.17) is 4.74 Å². The van der Waals surface area contributed by atoms with E-state index < -0.39 is 0 Å². The summed E-state index contributed by atoms with van der Waals surface area (Å²) in [4.78, 5) is 17.1. The van der Waals surface area contributed by atoms with Gasteiger partial charge in [-0.1, -0.05) is 12.1 Å². The Morgan fingerprint density at radius 1 is 1.09 bits per heavy atom. The number of fused-ring (bicyclic) bond motifs is 1. The first-order valence-corrected chi connectivity index (χ1v) is 11.3. The van der Waals surface area contributed by atoms with Gasteiger partial charge in [-0.15, -0.1) is 9.36 Å². The Labute approximate surface area is 202 Å². The van der Waals surface area contributed by atoms with Crippen molar-refractivity contribution in [2.75, 3.05) is 5.32 Å². The number of aromatic amines is 1. The Bertz CT molecular complexity index is 1520. The number of carbonyl (C=O) groups is 1. The molecule has 0 spiro atoms. The molecule has 0 aliphatic carbocycles. The maximum absolute atomic E-state index is 12.8. The average molecular weight is 466 g/mol. The maximum Gasteiger partial charge on any atom is 0.278 e. The highest BCUT2D eigenvalue weighted by Gasteiger charge is 2.17. The second-order valence-corrected chi connectivity index (χ2v) is 7.98. The van der Waals surface area contributed by atoms with E-state index in [0.29, 0.717) is 29.4 Å². The lowest BCUT2D eigenvalue weighted by molar-refractivity contribution is -0.753. The van der Waals surface area contributed by atoms with Gasteiger partial charge >= 0.3 is 0 Å². The van der Waals surface area contributed by atoms with Crippen LogP contribution in [0.25, 0.3) is 23.1 Å². The first kappa shape index (κ1) is 22.1. The molecule has 0 saturated heterocycles. The van der Waals surface area contributed by atoms with Gasteiger partial charge in [-0.25, -0.2) is 0 Å². The summed E-state index contributed by atoms with van der Waals surface area (Å²) >= 11 is 0. The van der Waals surface area contributed by atoms with E-state index in [1.807, 2.05) is 96.3 Å². The standard InChI is InChI=1S/C27H24N6O2/c1-3-33-26(14-16-32(33)2)27(34)29-20-8-6-9-21(17-20)35-22-11-12-23-24(30-31-25(23)18-22)13-10-19-7-4-5-15-28-19/h4-18H,3H2,1-2H3,(H-,28,29,30,31,34)/p+1. The van der Waals surface area contributed by atoms with Crippen molar-refractivity contribution in [3.05, 3.63) is 96.2 Å². The van der Waals surface area contributed by atoms with Crippen molar-refractivity contribution in [2.45, 2.75) is 13.5 Å². The second kappa shape index (κ2) is 9.64. The van der Waals surface area contributed by atoms with Crippen LogP contribution in [0.4, 0.5) is 5.69 Å². The van der Waals surface area contributed by atoms with E-state index in [-0.39, 0.29) is 5.91 Å². The second-order valence-electron chi connectivity index (χ2n) is 7.98. The summed E-state index contributed by atoms with van der Waals surface area (Å²) < 4.78 is 9.85. The molecule has 35 heavy (non-hydrogen) atoms. The molecular weight excluding hydrogens is 440 g/mol. The van der Waals surface area contributed by atoms with Crippen LogP contribution in [-0.4, -0.2) is 25.8 Å². The smallest absolute Gasteiger partial charge is 0.278 e. The van der Waals surface area contributed by atoms with E-state index in [9.17, 15) is 4.79 Å². The molecule has 2 N–H and O–H groups in total. The minimum atomic E-state index is -0.172. The number of hydrogen-bond donors (Lipinski definition) is 2. The van der Waals surface area contributed by atoms with Crippen LogP contribution in [0.1, 0.15) is 28.8 Å². The van der Waals surface area contributed by atoms with Gasteiger partial charge in [0, 0.05) is 35.5 Å². The number of aromatic nitrogens is 5. The van der Waals surface area contributed by atoms with E-state index in [0.717, 1.165) is 22.3 Å². The number of nitrogens with one attached hydrogen (secondary N) is 2. The molecule has 5 aromatic rings. The molecule has 8 nitrogen and oxygen atoms in total. The van der Waals surface area contributed by atoms with Crippen molar-refractivity contribution in [1.82, 2.24) is 19.9 Å². The van der Waals surface area contributed by atoms with Crippen LogP contribution in [0, 0.1) is 0 Å². The Kier molecular flexibility index (Phi) is 6.09.